The van der Waals surface area contributed by atoms with Crippen molar-refractivity contribution in [2.45, 2.75) is 52.0 Å². The van der Waals surface area contributed by atoms with Crippen molar-refractivity contribution in [3.8, 4) is 0 Å². The molecule has 0 aromatic rings. The standard InChI is InChI=1S/C11H21NO/c1-3-8-12(4-2)10-6-5-7-11(13)9-10/h10H,3-9H2,1-2H3. The van der Waals surface area contributed by atoms with Gasteiger partial charge in [0.2, 0.25) is 0 Å². The van der Waals surface area contributed by atoms with Gasteiger partial charge in [0.25, 0.3) is 0 Å². The first-order valence-corrected chi connectivity index (χ1v) is 5.53. The molecule has 1 aliphatic rings. The fourth-order valence-corrected chi connectivity index (χ4v) is 2.20. The highest BCUT2D eigenvalue weighted by molar-refractivity contribution is 5.79. The van der Waals surface area contributed by atoms with Gasteiger partial charge in [0.05, 0.1) is 0 Å². The predicted molar refractivity (Wildman–Crippen MR) is 54.8 cm³/mol. The second-order valence-corrected chi connectivity index (χ2v) is 3.92. The van der Waals surface area contributed by atoms with Gasteiger partial charge in [0.1, 0.15) is 5.78 Å². The van der Waals surface area contributed by atoms with E-state index in [9.17, 15) is 4.79 Å². The molecule has 0 radical (unpaired) electrons. The average molecular weight is 183 g/mol. The van der Waals surface area contributed by atoms with Gasteiger partial charge in [0, 0.05) is 18.9 Å². The number of rotatable bonds is 4. The van der Waals surface area contributed by atoms with Gasteiger partial charge in [-0.2, -0.15) is 0 Å². The SMILES string of the molecule is CCCN(CC)C1CCCC(=O)C1. The van der Waals surface area contributed by atoms with Crippen LogP contribution in [0.15, 0.2) is 0 Å². The third kappa shape index (κ3) is 3.11. The minimum atomic E-state index is 0.464. The molecule has 0 aliphatic heterocycles. The Kier molecular flexibility index (Phi) is 4.43. The van der Waals surface area contributed by atoms with Crippen LogP contribution in [0.3, 0.4) is 0 Å². The van der Waals surface area contributed by atoms with E-state index >= 15 is 0 Å². The highest BCUT2D eigenvalue weighted by atomic mass is 16.1. The molecule has 1 fully saturated rings. The molecule has 1 atom stereocenters. The summed E-state index contributed by atoms with van der Waals surface area (Å²) in [6.45, 7) is 6.63. The lowest BCUT2D eigenvalue weighted by Gasteiger charge is -2.32. The number of hydrogen-bond donors (Lipinski definition) is 0. The fraction of sp³-hybridized carbons (Fsp3) is 0.909. The molecule has 76 valence electrons. The number of carbonyl (C=O) groups excluding carboxylic acids is 1. The maximum Gasteiger partial charge on any atom is 0.134 e. The van der Waals surface area contributed by atoms with Gasteiger partial charge in [0.15, 0.2) is 0 Å². The van der Waals surface area contributed by atoms with Crippen molar-refractivity contribution in [3.05, 3.63) is 0 Å². The zero-order valence-corrected chi connectivity index (χ0v) is 8.88. The number of ketones is 1. The molecule has 2 nitrogen and oxygen atoms in total. The van der Waals surface area contributed by atoms with E-state index in [2.05, 4.69) is 18.7 Å². The second kappa shape index (κ2) is 5.38. The van der Waals surface area contributed by atoms with Crippen LogP contribution in [-0.4, -0.2) is 29.8 Å². The topological polar surface area (TPSA) is 20.3 Å². The Morgan fingerprint density at radius 1 is 1.46 bits per heavy atom. The van der Waals surface area contributed by atoms with Crippen LogP contribution < -0.4 is 0 Å². The summed E-state index contributed by atoms with van der Waals surface area (Å²) < 4.78 is 0. The number of carbonyl (C=O) groups is 1. The molecule has 0 spiro atoms. The van der Waals surface area contributed by atoms with Crippen molar-refractivity contribution in [2.75, 3.05) is 13.1 Å². The molecule has 2 heteroatoms. The third-order valence-corrected chi connectivity index (χ3v) is 2.89. The lowest BCUT2D eigenvalue weighted by Crippen LogP contribution is -2.39. The molecule has 0 aromatic carbocycles. The molecule has 0 saturated heterocycles. The summed E-state index contributed by atoms with van der Waals surface area (Å²) in [5.74, 6) is 0.464. The molecule has 0 amide bonds. The molecule has 1 saturated carbocycles. The molecule has 13 heavy (non-hydrogen) atoms. The molecule has 0 heterocycles. The van der Waals surface area contributed by atoms with Gasteiger partial charge in [-0.25, -0.2) is 0 Å². The smallest absolute Gasteiger partial charge is 0.134 e. The van der Waals surface area contributed by atoms with E-state index in [1.807, 2.05) is 0 Å². The molecular formula is C11H21NO. The maximum atomic E-state index is 11.3. The Balaban J connectivity index is 2.42. The van der Waals surface area contributed by atoms with Gasteiger partial charge in [-0.1, -0.05) is 13.8 Å². The first-order chi connectivity index (χ1) is 6.27. The van der Waals surface area contributed by atoms with Crippen LogP contribution in [0.5, 0.6) is 0 Å². The van der Waals surface area contributed by atoms with Crippen molar-refractivity contribution < 1.29 is 4.79 Å². The lowest BCUT2D eigenvalue weighted by molar-refractivity contribution is -0.122. The van der Waals surface area contributed by atoms with Gasteiger partial charge < -0.3 is 4.90 Å². The maximum absolute atomic E-state index is 11.3. The fourth-order valence-electron chi connectivity index (χ4n) is 2.20. The summed E-state index contributed by atoms with van der Waals surface area (Å²) in [5, 5.41) is 0. The largest absolute Gasteiger partial charge is 0.300 e. The van der Waals surface area contributed by atoms with Crippen LogP contribution in [0.4, 0.5) is 0 Å². The van der Waals surface area contributed by atoms with Crippen LogP contribution in [-0.2, 0) is 4.79 Å². The average Bonchev–Trinajstić information content (AvgIpc) is 2.14. The molecule has 1 unspecified atom stereocenters. The van der Waals surface area contributed by atoms with Crippen LogP contribution in [0.1, 0.15) is 46.0 Å². The van der Waals surface area contributed by atoms with E-state index in [1.165, 1.54) is 12.8 Å². The summed E-state index contributed by atoms with van der Waals surface area (Å²) in [7, 11) is 0. The minimum absolute atomic E-state index is 0.464. The van der Waals surface area contributed by atoms with Crippen LogP contribution in [0.2, 0.25) is 0 Å². The number of hydrogen-bond acceptors (Lipinski definition) is 2. The van der Waals surface area contributed by atoms with E-state index in [0.29, 0.717) is 11.8 Å². The first kappa shape index (κ1) is 10.7. The van der Waals surface area contributed by atoms with Crippen LogP contribution in [0.25, 0.3) is 0 Å². The Hall–Kier alpha value is -0.370. The summed E-state index contributed by atoms with van der Waals surface area (Å²) >= 11 is 0. The van der Waals surface area contributed by atoms with Gasteiger partial charge >= 0.3 is 0 Å². The van der Waals surface area contributed by atoms with E-state index in [0.717, 1.165) is 32.4 Å². The van der Waals surface area contributed by atoms with E-state index in [1.54, 1.807) is 0 Å². The second-order valence-electron chi connectivity index (χ2n) is 3.92. The third-order valence-electron chi connectivity index (χ3n) is 2.89. The predicted octanol–water partition coefficient (Wildman–Crippen LogP) is 2.23. The van der Waals surface area contributed by atoms with Gasteiger partial charge in [-0.15, -0.1) is 0 Å². The molecule has 0 N–H and O–H groups in total. The van der Waals surface area contributed by atoms with Crippen LogP contribution >= 0.6 is 0 Å². The summed E-state index contributed by atoms with van der Waals surface area (Å²) in [6, 6.07) is 0.547. The Bertz CT molecular complexity index is 167. The van der Waals surface area contributed by atoms with Crippen molar-refractivity contribution in [1.82, 2.24) is 4.90 Å². The lowest BCUT2D eigenvalue weighted by atomic mass is 9.93. The Labute approximate surface area is 81.3 Å². The molecule has 1 rings (SSSR count). The summed E-state index contributed by atoms with van der Waals surface area (Å²) in [4.78, 5) is 13.7. The van der Waals surface area contributed by atoms with Gasteiger partial charge in [-0.05, 0) is 32.4 Å². The zero-order chi connectivity index (χ0) is 9.68. The highest BCUT2D eigenvalue weighted by Crippen LogP contribution is 2.20. The number of Topliss-reactive ketones (excluding diaryl/α,β-unsaturated/α-hetero) is 1. The highest BCUT2D eigenvalue weighted by Gasteiger charge is 2.23. The van der Waals surface area contributed by atoms with Crippen molar-refractivity contribution in [3.63, 3.8) is 0 Å². The monoisotopic (exact) mass is 183 g/mol. The molecule has 0 aromatic heterocycles. The summed E-state index contributed by atoms with van der Waals surface area (Å²) in [6.07, 6.45) is 5.13. The Morgan fingerprint density at radius 3 is 2.77 bits per heavy atom. The molecule has 1 aliphatic carbocycles. The molecule has 0 bridgehead atoms. The van der Waals surface area contributed by atoms with Crippen molar-refractivity contribution in [2.24, 2.45) is 0 Å². The van der Waals surface area contributed by atoms with Crippen molar-refractivity contribution in [1.29, 1.82) is 0 Å². The normalized spacial score (nSPS) is 23.9. The summed E-state index contributed by atoms with van der Waals surface area (Å²) in [5.41, 5.74) is 0. The number of nitrogens with zero attached hydrogens (tertiary/aromatic N) is 1. The van der Waals surface area contributed by atoms with Gasteiger partial charge in [-0.3, -0.25) is 4.79 Å². The van der Waals surface area contributed by atoms with E-state index in [-0.39, 0.29) is 0 Å². The van der Waals surface area contributed by atoms with Crippen molar-refractivity contribution >= 4 is 5.78 Å². The minimum Gasteiger partial charge on any atom is -0.300 e. The van der Waals surface area contributed by atoms with E-state index < -0.39 is 0 Å². The quantitative estimate of drug-likeness (QED) is 0.666. The first-order valence-electron chi connectivity index (χ1n) is 5.53. The Morgan fingerprint density at radius 2 is 2.23 bits per heavy atom. The zero-order valence-electron chi connectivity index (χ0n) is 8.88. The molecular weight excluding hydrogens is 162 g/mol. The van der Waals surface area contributed by atoms with E-state index in [4.69, 9.17) is 0 Å². The van der Waals surface area contributed by atoms with Crippen LogP contribution in [0, 0.1) is 0 Å².